The van der Waals surface area contributed by atoms with Crippen LogP contribution in [-0.2, 0) is 9.59 Å². The van der Waals surface area contributed by atoms with E-state index >= 15 is 0 Å². The summed E-state index contributed by atoms with van der Waals surface area (Å²) in [5.41, 5.74) is 0.862. The molecule has 4 fully saturated rings. The third-order valence-electron chi connectivity index (χ3n) is 5.73. The summed E-state index contributed by atoms with van der Waals surface area (Å²) in [6, 6.07) is 0. The van der Waals surface area contributed by atoms with E-state index in [4.69, 9.17) is 0 Å². The van der Waals surface area contributed by atoms with Gasteiger partial charge in [0.05, 0.1) is 0 Å². The van der Waals surface area contributed by atoms with Crippen molar-refractivity contribution in [3.05, 3.63) is 0 Å². The fourth-order valence-electron chi connectivity index (χ4n) is 6.23. The van der Waals surface area contributed by atoms with Crippen molar-refractivity contribution in [2.24, 2.45) is 16.7 Å². The molecule has 3 heteroatoms. The van der Waals surface area contributed by atoms with E-state index in [1.54, 1.807) is 6.92 Å². The standard InChI is InChI=1S/C17H27NO2/c1-12(19)4-5-14(20)18-17-8-13-6-15(2,10-17)9-16(3,7-13)11-17/h13H,4-11H2,1-3H3,(H,18,20). The van der Waals surface area contributed by atoms with Gasteiger partial charge in [0.15, 0.2) is 0 Å². The van der Waals surface area contributed by atoms with Gasteiger partial charge in [-0.15, -0.1) is 0 Å². The first-order chi connectivity index (χ1) is 9.22. The topological polar surface area (TPSA) is 46.2 Å². The van der Waals surface area contributed by atoms with Gasteiger partial charge in [0, 0.05) is 18.4 Å². The second-order valence-electron chi connectivity index (χ2n) is 8.66. The van der Waals surface area contributed by atoms with Crippen LogP contribution in [0.5, 0.6) is 0 Å². The van der Waals surface area contributed by atoms with Gasteiger partial charge in [-0.3, -0.25) is 4.79 Å². The number of nitrogens with one attached hydrogen (secondary N) is 1. The summed E-state index contributed by atoms with van der Waals surface area (Å²) >= 11 is 0. The quantitative estimate of drug-likeness (QED) is 0.857. The minimum Gasteiger partial charge on any atom is -0.351 e. The van der Waals surface area contributed by atoms with Crippen LogP contribution in [0.1, 0.15) is 72.1 Å². The molecule has 1 N–H and O–H groups in total. The van der Waals surface area contributed by atoms with Crippen LogP contribution in [0.15, 0.2) is 0 Å². The highest BCUT2D eigenvalue weighted by atomic mass is 16.2. The summed E-state index contributed by atoms with van der Waals surface area (Å²) < 4.78 is 0. The minimum atomic E-state index is 0.0246. The molecule has 4 saturated carbocycles. The molecule has 4 aliphatic carbocycles. The van der Waals surface area contributed by atoms with Gasteiger partial charge in [-0.05, 0) is 62.2 Å². The Morgan fingerprint density at radius 2 is 1.60 bits per heavy atom. The number of hydrogen-bond acceptors (Lipinski definition) is 2. The zero-order chi connectivity index (χ0) is 14.6. The molecule has 2 atom stereocenters. The summed E-state index contributed by atoms with van der Waals surface area (Å²) in [7, 11) is 0. The predicted molar refractivity (Wildman–Crippen MR) is 78.2 cm³/mol. The number of rotatable bonds is 4. The molecular formula is C17H27NO2. The minimum absolute atomic E-state index is 0.0246. The molecule has 1 amide bonds. The molecule has 0 aliphatic heterocycles. The molecule has 2 unspecified atom stereocenters. The molecule has 20 heavy (non-hydrogen) atoms. The maximum Gasteiger partial charge on any atom is 0.220 e. The SMILES string of the molecule is CC(=O)CCC(=O)NC12CC3CC(C)(CC(C)(C3)C1)C2. The van der Waals surface area contributed by atoms with Crippen molar-refractivity contribution in [2.45, 2.75) is 77.7 Å². The highest BCUT2D eigenvalue weighted by Crippen LogP contribution is 2.66. The zero-order valence-electron chi connectivity index (χ0n) is 13.1. The number of Topliss-reactive ketones (excluding diaryl/α,β-unsaturated/α-hetero) is 1. The van der Waals surface area contributed by atoms with E-state index in [-0.39, 0.29) is 17.2 Å². The molecule has 0 spiro atoms. The van der Waals surface area contributed by atoms with E-state index in [9.17, 15) is 9.59 Å². The van der Waals surface area contributed by atoms with Crippen LogP contribution in [0.25, 0.3) is 0 Å². The monoisotopic (exact) mass is 277 g/mol. The van der Waals surface area contributed by atoms with Crippen LogP contribution >= 0.6 is 0 Å². The average Bonchev–Trinajstić information content (AvgIpc) is 2.20. The van der Waals surface area contributed by atoms with Crippen LogP contribution in [0.3, 0.4) is 0 Å². The number of carbonyl (C=O) groups excluding carboxylic acids is 2. The number of carbonyl (C=O) groups is 2. The molecule has 4 rings (SSSR count). The van der Waals surface area contributed by atoms with Crippen molar-refractivity contribution in [3.8, 4) is 0 Å². The van der Waals surface area contributed by atoms with Crippen molar-refractivity contribution in [1.29, 1.82) is 0 Å². The first-order valence-electron chi connectivity index (χ1n) is 8.02. The van der Waals surface area contributed by atoms with Gasteiger partial charge in [-0.1, -0.05) is 13.8 Å². The van der Waals surface area contributed by atoms with Gasteiger partial charge < -0.3 is 10.1 Å². The second kappa shape index (κ2) is 4.32. The van der Waals surface area contributed by atoms with Crippen molar-refractivity contribution in [2.75, 3.05) is 0 Å². The van der Waals surface area contributed by atoms with Gasteiger partial charge in [-0.25, -0.2) is 0 Å². The second-order valence-corrected chi connectivity index (χ2v) is 8.66. The summed E-state index contributed by atoms with van der Waals surface area (Å²) in [5.74, 6) is 0.966. The Kier molecular flexibility index (Phi) is 3.04. The van der Waals surface area contributed by atoms with Gasteiger partial charge in [-0.2, -0.15) is 0 Å². The Balaban J connectivity index is 1.72. The van der Waals surface area contributed by atoms with E-state index in [1.807, 2.05) is 0 Å². The predicted octanol–water partition coefficient (Wildman–Crippen LogP) is 3.22. The number of hydrogen-bond donors (Lipinski definition) is 1. The Labute approximate surface area is 121 Å². The Morgan fingerprint density at radius 3 is 2.10 bits per heavy atom. The molecule has 0 aromatic heterocycles. The lowest BCUT2D eigenvalue weighted by molar-refractivity contribution is -0.140. The van der Waals surface area contributed by atoms with Crippen molar-refractivity contribution >= 4 is 11.7 Å². The highest BCUT2D eigenvalue weighted by Gasteiger charge is 2.60. The average molecular weight is 277 g/mol. The van der Waals surface area contributed by atoms with E-state index in [2.05, 4.69) is 19.2 Å². The lowest BCUT2D eigenvalue weighted by Gasteiger charge is -2.65. The lowest BCUT2D eigenvalue weighted by Crippen LogP contribution is -2.65. The van der Waals surface area contributed by atoms with Crippen LogP contribution in [0, 0.1) is 16.7 Å². The number of ketones is 1. The molecule has 3 nitrogen and oxygen atoms in total. The van der Waals surface area contributed by atoms with Crippen LogP contribution < -0.4 is 5.32 Å². The lowest BCUT2D eigenvalue weighted by atomic mass is 9.43. The van der Waals surface area contributed by atoms with Crippen LogP contribution in [-0.4, -0.2) is 17.2 Å². The molecule has 4 bridgehead atoms. The van der Waals surface area contributed by atoms with Gasteiger partial charge in [0.2, 0.25) is 5.91 Å². The molecule has 0 radical (unpaired) electrons. The van der Waals surface area contributed by atoms with Gasteiger partial charge in [0.1, 0.15) is 5.78 Å². The maximum atomic E-state index is 12.2. The molecule has 0 saturated heterocycles. The summed E-state index contributed by atoms with van der Waals surface area (Å²) in [5, 5.41) is 3.34. The van der Waals surface area contributed by atoms with Crippen molar-refractivity contribution < 1.29 is 9.59 Å². The largest absolute Gasteiger partial charge is 0.351 e. The first kappa shape index (κ1) is 14.1. The molecule has 0 heterocycles. The normalized spacial score (nSPS) is 45.5. The molecule has 0 aromatic rings. The smallest absolute Gasteiger partial charge is 0.220 e. The molecule has 0 aromatic carbocycles. The van der Waals surface area contributed by atoms with E-state index < -0.39 is 0 Å². The molecular weight excluding hydrogens is 250 g/mol. The van der Waals surface area contributed by atoms with E-state index in [0.717, 1.165) is 25.2 Å². The van der Waals surface area contributed by atoms with Gasteiger partial charge in [0.25, 0.3) is 0 Å². The fourth-order valence-corrected chi connectivity index (χ4v) is 6.23. The van der Waals surface area contributed by atoms with E-state index in [0.29, 0.717) is 23.7 Å². The van der Waals surface area contributed by atoms with Crippen molar-refractivity contribution in [1.82, 2.24) is 5.32 Å². The summed E-state index contributed by atoms with van der Waals surface area (Å²) in [6.45, 7) is 6.37. The highest BCUT2D eigenvalue weighted by molar-refractivity contribution is 5.84. The Bertz CT molecular complexity index is 438. The van der Waals surface area contributed by atoms with Crippen LogP contribution in [0.4, 0.5) is 0 Å². The zero-order valence-corrected chi connectivity index (χ0v) is 13.1. The summed E-state index contributed by atoms with van der Waals surface area (Å²) in [6.07, 6.45) is 8.16. The third kappa shape index (κ3) is 2.51. The molecule has 112 valence electrons. The third-order valence-corrected chi connectivity index (χ3v) is 5.73. The Hall–Kier alpha value is -0.860. The summed E-state index contributed by atoms with van der Waals surface area (Å²) in [4.78, 5) is 23.2. The first-order valence-corrected chi connectivity index (χ1v) is 8.02. The van der Waals surface area contributed by atoms with Gasteiger partial charge >= 0.3 is 0 Å². The number of amides is 1. The van der Waals surface area contributed by atoms with Crippen molar-refractivity contribution in [3.63, 3.8) is 0 Å². The fraction of sp³-hybridized carbons (Fsp3) is 0.882. The maximum absolute atomic E-state index is 12.2. The molecule has 4 aliphatic rings. The van der Waals surface area contributed by atoms with E-state index in [1.165, 1.54) is 19.3 Å². The Morgan fingerprint density at radius 1 is 1.00 bits per heavy atom. The van der Waals surface area contributed by atoms with Crippen LogP contribution in [0.2, 0.25) is 0 Å².